The van der Waals surface area contributed by atoms with Gasteiger partial charge < -0.3 is 16.2 Å². The molecule has 1 unspecified atom stereocenters. The van der Waals surface area contributed by atoms with Crippen LogP contribution >= 0.6 is 0 Å². The third-order valence-corrected chi connectivity index (χ3v) is 2.32. The van der Waals surface area contributed by atoms with Crippen molar-refractivity contribution in [3.8, 4) is 0 Å². The minimum atomic E-state index is -0.800. The molecule has 0 heterocycles. The second-order valence-electron chi connectivity index (χ2n) is 3.89. The van der Waals surface area contributed by atoms with Crippen molar-refractivity contribution in [1.82, 2.24) is 5.32 Å². The lowest BCUT2D eigenvalue weighted by Gasteiger charge is -2.11. The van der Waals surface area contributed by atoms with Crippen molar-refractivity contribution in [3.05, 3.63) is 0 Å². The zero-order valence-electron chi connectivity index (χ0n) is 9.87. The first-order chi connectivity index (χ1) is 7.57. The van der Waals surface area contributed by atoms with Crippen LogP contribution in [0.2, 0.25) is 0 Å². The molecule has 0 spiro atoms. The summed E-state index contributed by atoms with van der Waals surface area (Å²) in [5, 5.41) is 11.1. The summed E-state index contributed by atoms with van der Waals surface area (Å²) in [6.45, 7) is 2.56. The summed E-state index contributed by atoms with van der Waals surface area (Å²) < 4.78 is 0. The Morgan fingerprint density at radius 1 is 1.31 bits per heavy atom. The fourth-order valence-corrected chi connectivity index (χ4v) is 1.30. The number of carboxylic acids is 1. The molecule has 0 fully saturated rings. The SMILES string of the molecule is CCCCC(N)C(=O)NCCCCC(=O)O. The number of nitrogens with one attached hydrogen (secondary N) is 1. The smallest absolute Gasteiger partial charge is 0.303 e. The maximum absolute atomic E-state index is 11.4. The molecule has 0 aliphatic heterocycles. The second kappa shape index (κ2) is 9.15. The molecule has 1 atom stereocenters. The molecule has 5 nitrogen and oxygen atoms in total. The lowest BCUT2D eigenvalue weighted by molar-refractivity contribution is -0.137. The summed E-state index contributed by atoms with van der Waals surface area (Å²) in [6, 6.07) is -0.431. The van der Waals surface area contributed by atoms with Gasteiger partial charge in [0.15, 0.2) is 0 Å². The fourth-order valence-electron chi connectivity index (χ4n) is 1.30. The predicted octanol–water partition coefficient (Wildman–Crippen LogP) is 0.875. The normalized spacial score (nSPS) is 12.1. The Balaban J connectivity index is 3.45. The molecule has 4 N–H and O–H groups in total. The first kappa shape index (κ1) is 14.9. The van der Waals surface area contributed by atoms with Crippen LogP contribution in [0.15, 0.2) is 0 Å². The molecule has 1 amide bonds. The number of hydrogen-bond donors (Lipinski definition) is 3. The summed E-state index contributed by atoms with van der Waals surface area (Å²) in [4.78, 5) is 21.6. The predicted molar refractivity (Wildman–Crippen MR) is 62.0 cm³/mol. The molecule has 0 radical (unpaired) electrons. The molecular formula is C11H22N2O3. The van der Waals surface area contributed by atoms with Crippen LogP contribution in [-0.2, 0) is 9.59 Å². The number of carbonyl (C=O) groups is 2. The van der Waals surface area contributed by atoms with Gasteiger partial charge in [-0.1, -0.05) is 19.8 Å². The minimum Gasteiger partial charge on any atom is -0.481 e. The number of aliphatic carboxylic acids is 1. The van der Waals surface area contributed by atoms with E-state index in [4.69, 9.17) is 10.8 Å². The average Bonchev–Trinajstić information content (AvgIpc) is 2.24. The highest BCUT2D eigenvalue weighted by Crippen LogP contribution is 1.98. The lowest BCUT2D eigenvalue weighted by atomic mass is 10.1. The number of carboxylic acid groups (broad SMARTS) is 1. The molecule has 94 valence electrons. The molecule has 0 aromatic rings. The average molecular weight is 230 g/mol. The molecule has 0 saturated heterocycles. The Labute approximate surface area is 96.4 Å². The van der Waals surface area contributed by atoms with Crippen LogP contribution in [0.25, 0.3) is 0 Å². The zero-order valence-corrected chi connectivity index (χ0v) is 9.87. The third kappa shape index (κ3) is 8.23. The van der Waals surface area contributed by atoms with Crippen LogP contribution in [0.1, 0.15) is 45.4 Å². The van der Waals surface area contributed by atoms with Gasteiger partial charge in [-0.25, -0.2) is 0 Å². The van der Waals surface area contributed by atoms with Gasteiger partial charge in [-0.2, -0.15) is 0 Å². The zero-order chi connectivity index (χ0) is 12.4. The highest BCUT2D eigenvalue weighted by molar-refractivity contribution is 5.81. The quantitative estimate of drug-likeness (QED) is 0.512. The largest absolute Gasteiger partial charge is 0.481 e. The van der Waals surface area contributed by atoms with Crippen molar-refractivity contribution < 1.29 is 14.7 Å². The molecule has 0 aliphatic carbocycles. The maximum atomic E-state index is 11.4. The Morgan fingerprint density at radius 3 is 2.56 bits per heavy atom. The van der Waals surface area contributed by atoms with Crippen molar-refractivity contribution in [1.29, 1.82) is 0 Å². The molecule has 0 bridgehead atoms. The summed E-state index contributed by atoms with van der Waals surface area (Å²) in [5.74, 6) is -0.935. The molecular weight excluding hydrogens is 208 g/mol. The van der Waals surface area contributed by atoms with E-state index in [-0.39, 0.29) is 12.3 Å². The monoisotopic (exact) mass is 230 g/mol. The van der Waals surface area contributed by atoms with Gasteiger partial charge in [0.1, 0.15) is 0 Å². The van der Waals surface area contributed by atoms with Crippen LogP contribution in [-0.4, -0.2) is 29.6 Å². The van der Waals surface area contributed by atoms with Gasteiger partial charge in [-0.15, -0.1) is 0 Å². The Bertz CT molecular complexity index is 219. The molecule has 0 saturated carbocycles. The fraction of sp³-hybridized carbons (Fsp3) is 0.818. The van der Waals surface area contributed by atoms with Crippen LogP contribution in [0.5, 0.6) is 0 Å². The highest BCUT2D eigenvalue weighted by Gasteiger charge is 2.11. The minimum absolute atomic E-state index is 0.135. The number of hydrogen-bond acceptors (Lipinski definition) is 3. The lowest BCUT2D eigenvalue weighted by Crippen LogP contribution is -2.40. The van der Waals surface area contributed by atoms with E-state index in [2.05, 4.69) is 12.2 Å². The van der Waals surface area contributed by atoms with E-state index >= 15 is 0 Å². The summed E-state index contributed by atoms with van der Waals surface area (Å²) >= 11 is 0. The van der Waals surface area contributed by atoms with Crippen molar-refractivity contribution in [2.45, 2.75) is 51.5 Å². The van der Waals surface area contributed by atoms with E-state index in [1.807, 2.05) is 0 Å². The number of rotatable bonds is 9. The standard InChI is InChI=1S/C11H22N2O3/c1-2-3-6-9(12)11(16)13-8-5-4-7-10(14)15/h9H,2-8,12H2,1H3,(H,13,16)(H,14,15). The molecule has 16 heavy (non-hydrogen) atoms. The number of amides is 1. The van der Waals surface area contributed by atoms with Gasteiger partial charge in [0.2, 0.25) is 5.91 Å². The van der Waals surface area contributed by atoms with Gasteiger partial charge in [0.25, 0.3) is 0 Å². The van der Waals surface area contributed by atoms with E-state index in [0.29, 0.717) is 25.8 Å². The van der Waals surface area contributed by atoms with Gasteiger partial charge in [-0.05, 0) is 19.3 Å². The van der Waals surface area contributed by atoms with Crippen molar-refractivity contribution in [2.24, 2.45) is 5.73 Å². The molecule has 0 rings (SSSR count). The van der Waals surface area contributed by atoms with E-state index < -0.39 is 12.0 Å². The highest BCUT2D eigenvalue weighted by atomic mass is 16.4. The van der Waals surface area contributed by atoms with Crippen LogP contribution < -0.4 is 11.1 Å². The van der Waals surface area contributed by atoms with Crippen molar-refractivity contribution in [2.75, 3.05) is 6.54 Å². The summed E-state index contributed by atoms with van der Waals surface area (Å²) in [5.41, 5.74) is 5.66. The first-order valence-corrected chi connectivity index (χ1v) is 5.83. The van der Waals surface area contributed by atoms with E-state index in [0.717, 1.165) is 12.8 Å². The topological polar surface area (TPSA) is 92.4 Å². The van der Waals surface area contributed by atoms with E-state index in [1.54, 1.807) is 0 Å². The van der Waals surface area contributed by atoms with Crippen LogP contribution in [0.3, 0.4) is 0 Å². The molecule has 0 aliphatic rings. The Kier molecular flexibility index (Phi) is 8.52. The van der Waals surface area contributed by atoms with Crippen molar-refractivity contribution in [3.63, 3.8) is 0 Å². The molecule has 0 aromatic heterocycles. The number of carbonyl (C=O) groups excluding carboxylic acids is 1. The maximum Gasteiger partial charge on any atom is 0.303 e. The molecule has 0 aromatic carbocycles. The second-order valence-corrected chi connectivity index (χ2v) is 3.89. The Hall–Kier alpha value is -1.10. The van der Waals surface area contributed by atoms with Gasteiger partial charge >= 0.3 is 5.97 Å². The number of nitrogens with two attached hydrogens (primary N) is 1. The van der Waals surface area contributed by atoms with Gasteiger partial charge in [-0.3, -0.25) is 9.59 Å². The van der Waals surface area contributed by atoms with E-state index in [9.17, 15) is 9.59 Å². The van der Waals surface area contributed by atoms with Crippen LogP contribution in [0, 0.1) is 0 Å². The third-order valence-electron chi connectivity index (χ3n) is 2.32. The van der Waals surface area contributed by atoms with Gasteiger partial charge in [0, 0.05) is 13.0 Å². The molecule has 5 heteroatoms. The van der Waals surface area contributed by atoms with Gasteiger partial charge in [0.05, 0.1) is 6.04 Å². The number of unbranched alkanes of at least 4 members (excludes halogenated alkanes) is 2. The van der Waals surface area contributed by atoms with Crippen molar-refractivity contribution >= 4 is 11.9 Å². The summed E-state index contributed by atoms with van der Waals surface area (Å²) in [6.07, 6.45) is 4.10. The first-order valence-electron chi connectivity index (χ1n) is 5.83. The van der Waals surface area contributed by atoms with E-state index in [1.165, 1.54) is 0 Å². The van der Waals surface area contributed by atoms with Crippen LogP contribution in [0.4, 0.5) is 0 Å². The summed E-state index contributed by atoms with van der Waals surface area (Å²) in [7, 11) is 0. The Morgan fingerprint density at radius 2 is 2.00 bits per heavy atom.